The molecule has 2 aromatic carbocycles. The number of hydrogen-bond donors (Lipinski definition) is 0. The maximum absolute atomic E-state index is 11.8. The van der Waals surface area contributed by atoms with Gasteiger partial charge in [-0.25, -0.2) is 4.70 Å². The van der Waals surface area contributed by atoms with Crippen LogP contribution in [-0.4, -0.2) is 4.70 Å². The van der Waals surface area contributed by atoms with Crippen molar-refractivity contribution in [1.29, 1.82) is 0 Å². The van der Waals surface area contributed by atoms with Crippen LogP contribution in [0.1, 0.15) is 383 Å². The van der Waals surface area contributed by atoms with E-state index in [4.69, 9.17) is 0 Å². The zero-order valence-corrected chi connectivity index (χ0v) is 55.4. The molecule has 3 rings (SSSR count). The topological polar surface area (TPSA) is 25.3 Å². The Bertz CT molecular complexity index is 1670. The van der Waals surface area contributed by atoms with Crippen LogP contribution in [0.4, 0.5) is 0 Å². The second-order valence-corrected chi connectivity index (χ2v) is 26.6. The Morgan fingerprint density at radius 3 is 0.734 bits per heavy atom. The van der Waals surface area contributed by atoms with Crippen LogP contribution in [0.5, 0.6) is 0 Å². The molecule has 1 aliphatic rings. The molecule has 0 bridgehead atoms. The number of hydrogen-bond acceptors (Lipinski definition) is 0. The van der Waals surface area contributed by atoms with Crippen LogP contribution in [0.15, 0.2) is 60.2 Å². The van der Waals surface area contributed by atoms with Gasteiger partial charge >= 0.3 is 28.8 Å². The van der Waals surface area contributed by atoms with Crippen molar-refractivity contribution in [2.45, 2.75) is 385 Å². The Labute approximate surface area is 503 Å². The van der Waals surface area contributed by atoms with Crippen molar-refractivity contribution >= 4 is 11.4 Å². The molecule has 458 valence electrons. The van der Waals surface area contributed by atoms with E-state index >= 15 is 0 Å². The summed E-state index contributed by atoms with van der Waals surface area (Å²) >= 11 is 0.950. The van der Waals surface area contributed by atoms with Gasteiger partial charge in [-0.1, -0.05) is 360 Å². The molecule has 0 spiro atoms. The quantitative estimate of drug-likeness (QED) is 0.0358. The van der Waals surface area contributed by atoms with Crippen LogP contribution >= 0.6 is 0 Å². The van der Waals surface area contributed by atoms with E-state index in [1.54, 1.807) is 0 Å². The van der Waals surface area contributed by atoms with Gasteiger partial charge in [-0.2, -0.15) is 0 Å². The first-order valence-corrected chi connectivity index (χ1v) is 38.5. The third-order valence-electron chi connectivity index (χ3n) is 17.5. The molecule has 0 N–H and O–H groups in total. The Morgan fingerprint density at radius 2 is 0.481 bits per heavy atom. The fourth-order valence-corrected chi connectivity index (χ4v) is 12.3. The number of aryl methyl sites for hydroxylation is 2. The summed E-state index contributed by atoms with van der Waals surface area (Å²) in [6.07, 6.45) is 79.4. The van der Waals surface area contributed by atoms with Gasteiger partial charge in [-0.15, -0.1) is 0 Å². The SMILES string of the molecule is CCCCCCCCCCCCCCCCCCCCCCCCCCc1ccc(C2=CC(CCCCCC)=C(c3ccc(CCCCCCCCCCCCCCCCCCCCCCCCCC)cc3)[N+]2=[N-])cc1.[CH3][Pd][CH3]. The first kappa shape index (κ1) is 73.3. The number of allylic oxidation sites excluding steroid dienone is 2. The maximum atomic E-state index is 11.8. The van der Waals surface area contributed by atoms with E-state index in [0.29, 0.717) is 0 Å². The molecule has 3 heteroatoms. The molecule has 2 nitrogen and oxygen atoms in total. The Kier molecular flexibility index (Phi) is 52.6. The van der Waals surface area contributed by atoms with E-state index in [2.05, 4.69) is 86.2 Å². The van der Waals surface area contributed by atoms with Gasteiger partial charge in [0.2, 0.25) is 11.4 Å². The summed E-state index contributed by atoms with van der Waals surface area (Å²) < 4.78 is 1.50. The standard InChI is InChI=1S/C74H128N2.2CH3.Pd/c1-4-7-10-13-15-17-19-21-23-25-27-29-31-33-35-37-39-41-43-45-47-49-51-53-56-68-59-63-70(64-60-68)73-67-72(58-55-12-9-6-3)74(76(73)75)71-65-61-69(62-66-71)57-54-52-50-48-46-44-42-40-38-36-34-32-30-28-26-24-22-20-18-16-14-11-8-5-2;;;/h59-67H,4-58H2,1-3H3;2*1H3;. The minimum absolute atomic E-state index is 0.922. The molecule has 0 saturated heterocycles. The number of benzene rings is 2. The third-order valence-corrected chi connectivity index (χ3v) is 17.5. The molecule has 0 saturated carbocycles. The summed E-state index contributed by atoms with van der Waals surface area (Å²) in [6.45, 7) is 6.90. The van der Waals surface area contributed by atoms with Crippen molar-refractivity contribution in [2.24, 2.45) is 0 Å². The molecular weight excluding hydrogens is 1050 g/mol. The second kappa shape index (κ2) is 56.7. The molecule has 0 aliphatic carbocycles. The van der Waals surface area contributed by atoms with E-state index in [0.717, 1.165) is 59.8 Å². The zero-order valence-electron chi connectivity index (χ0n) is 53.8. The first-order chi connectivity index (χ1) is 39.1. The molecule has 0 aromatic heterocycles. The fourth-order valence-electron chi connectivity index (χ4n) is 12.3. The minimum atomic E-state index is 0.922. The first-order valence-electron chi connectivity index (χ1n) is 35.4. The van der Waals surface area contributed by atoms with Gasteiger partial charge in [0.05, 0.1) is 0 Å². The van der Waals surface area contributed by atoms with Crippen molar-refractivity contribution in [2.75, 3.05) is 0 Å². The van der Waals surface area contributed by atoms with E-state index in [1.165, 1.54) is 355 Å². The number of nitrogens with zero attached hydrogens (tertiary/aromatic N) is 2. The van der Waals surface area contributed by atoms with Gasteiger partial charge in [0.25, 0.3) is 0 Å². The number of rotatable bonds is 57. The Hall–Kier alpha value is -1.82. The summed E-state index contributed by atoms with van der Waals surface area (Å²) in [5.74, 6) is 0. The molecule has 1 aliphatic heterocycles. The Morgan fingerprint density at radius 1 is 0.278 bits per heavy atom. The molecule has 0 amide bonds. The van der Waals surface area contributed by atoms with Crippen molar-refractivity contribution in [3.05, 3.63) is 88.0 Å². The molecule has 2 aromatic rings. The normalized spacial score (nSPS) is 12.5. The van der Waals surface area contributed by atoms with Crippen LogP contribution in [0.25, 0.3) is 16.9 Å². The van der Waals surface area contributed by atoms with Crippen molar-refractivity contribution in [1.82, 2.24) is 0 Å². The fraction of sp³-hybridized carbons (Fsp3) is 0.789. The average Bonchev–Trinajstić information content (AvgIpc) is 3.97. The summed E-state index contributed by atoms with van der Waals surface area (Å²) in [6, 6.07) is 18.3. The molecule has 0 unspecified atom stereocenters. The summed E-state index contributed by atoms with van der Waals surface area (Å²) in [5, 5.41) is 4.35. The molecule has 1 heterocycles. The van der Waals surface area contributed by atoms with E-state index in [9.17, 15) is 5.53 Å². The van der Waals surface area contributed by atoms with Crippen LogP contribution < -0.4 is 0 Å². The van der Waals surface area contributed by atoms with Crippen molar-refractivity contribution in [3.63, 3.8) is 0 Å². The van der Waals surface area contributed by atoms with Crippen LogP contribution in [0, 0.1) is 0 Å². The predicted octanol–water partition coefficient (Wildman–Crippen LogP) is 27.5. The summed E-state index contributed by atoms with van der Waals surface area (Å²) in [7, 11) is 0. The van der Waals surface area contributed by atoms with Gasteiger partial charge < -0.3 is 5.53 Å². The zero-order chi connectivity index (χ0) is 56.6. The third kappa shape index (κ3) is 41.8. The van der Waals surface area contributed by atoms with E-state index in [1.807, 2.05) is 0 Å². The summed E-state index contributed by atoms with van der Waals surface area (Å²) in [4.78, 5) is 0. The second-order valence-electron chi connectivity index (χ2n) is 25.0. The van der Waals surface area contributed by atoms with Gasteiger partial charge in [-0.05, 0) is 73.9 Å². The summed E-state index contributed by atoms with van der Waals surface area (Å²) in [5.41, 5.74) is 20.0. The number of unbranched alkanes of at least 4 members (excludes halogenated alkanes) is 49. The molecular formula is C76H134N2Pd. The van der Waals surface area contributed by atoms with Gasteiger partial charge in [0.1, 0.15) is 0 Å². The Balaban J connectivity index is 0.00000694. The average molecular weight is 1180 g/mol. The van der Waals surface area contributed by atoms with E-state index in [-0.39, 0.29) is 0 Å². The van der Waals surface area contributed by atoms with Gasteiger partial charge in [0.15, 0.2) is 0 Å². The molecule has 0 fully saturated rings. The van der Waals surface area contributed by atoms with Crippen LogP contribution in [0.3, 0.4) is 0 Å². The molecule has 0 radical (unpaired) electrons. The van der Waals surface area contributed by atoms with Gasteiger partial charge in [0, 0.05) is 22.8 Å². The predicted molar refractivity (Wildman–Crippen MR) is 352 cm³/mol. The van der Waals surface area contributed by atoms with Crippen LogP contribution in [-0.2, 0) is 30.8 Å². The van der Waals surface area contributed by atoms with Crippen molar-refractivity contribution < 1.29 is 22.7 Å². The van der Waals surface area contributed by atoms with Gasteiger partial charge in [-0.3, -0.25) is 0 Å². The van der Waals surface area contributed by atoms with Crippen LogP contribution in [0.2, 0.25) is 10.8 Å². The van der Waals surface area contributed by atoms with E-state index < -0.39 is 0 Å². The van der Waals surface area contributed by atoms with Crippen molar-refractivity contribution in [3.8, 4) is 0 Å². The monoisotopic (exact) mass is 1180 g/mol. The molecule has 0 atom stereocenters. The molecule has 79 heavy (non-hydrogen) atoms.